The van der Waals surface area contributed by atoms with Gasteiger partial charge >= 0.3 is 0 Å². The van der Waals surface area contributed by atoms with Crippen molar-refractivity contribution in [2.75, 3.05) is 10.6 Å². The molecule has 0 fully saturated rings. The fraction of sp³-hybridized carbons (Fsp3) is 0.0968. The maximum Gasteiger partial charge on any atom is 0.257 e. The lowest BCUT2D eigenvalue weighted by Gasteiger charge is -2.28. The van der Waals surface area contributed by atoms with Crippen molar-refractivity contribution in [3.05, 3.63) is 132 Å². The van der Waals surface area contributed by atoms with Crippen LogP contribution in [0.15, 0.2) is 121 Å². The van der Waals surface area contributed by atoms with E-state index in [-0.39, 0.29) is 5.91 Å². The molecule has 0 aliphatic carbocycles. The Labute approximate surface area is 226 Å². The van der Waals surface area contributed by atoms with Crippen molar-refractivity contribution >= 4 is 17.7 Å². The van der Waals surface area contributed by atoms with E-state index < -0.39 is 6.04 Å². The van der Waals surface area contributed by atoms with Crippen molar-refractivity contribution in [1.29, 1.82) is 0 Å². The lowest BCUT2D eigenvalue weighted by molar-refractivity contribution is -0.113. The van der Waals surface area contributed by atoms with Gasteiger partial charge in [-0.15, -0.1) is 5.10 Å². The fourth-order valence-electron chi connectivity index (χ4n) is 4.57. The summed E-state index contributed by atoms with van der Waals surface area (Å²) in [6.45, 7) is 2.34. The van der Waals surface area contributed by atoms with Gasteiger partial charge in [0.05, 0.1) is 5.57 Å². The predicted molar refractivity (Wildman–Crippen MR) is 150 cm³/mol. The van der Waals surface area contributed by atoms with Crippen LogP contribution in [0.1, 0.15) is 24.1 Å². The van der Waals surface area contributed by atoms with Crippen LogP contribution >= 0.6 is 0 Å². The van der Waals surface area contributed by atoms with Gasteiger partial charge in [0.25, 0.3) is 5.91 Å². The summed E-state index contributed by atoms with van der Waals surface area (Å²) in [6, 6.07) is 32.4. The van der Waals surface area contributed by atoms with Crippen LogP contribution in [0.25, 0.3) is 11.4 Å². The summed E-state index contributed by atoms with van der Waals surface area (Å²) in [6.07, 6.45) is 1.64. The molecule has 0 radical (unpaired) electrons. The molecule has 3 heterocycles. The van der Waals surface area contributed by atoms with Crippen molar-refractivity contribution in [1.82, 2.24) is 19.7 Å². The molecule has 1 amide bonds. The van der Waals surface area contributed by atoms with E-state index in [2.05, 4.69) is 15.6 Å². The van der Waals surface area contributed by atoms with Crippen LogP contribution in [-0.2, 0) is 11.4 Å². The molecule has 0 bridgehead atoms. The van der Waals surface area contributed by atoms with E-state index in [1.54, 1.807) is 23.0 Å². The molecule has 0 saturated heterocycles. The maximum absolute atomic E-state index is 13.6. The monoisotopic (exact) mass is 514 g/mol. The average molecular weight is 515 g/mol. The first kappa shape index (κ1) is 24.1. The van der Waals surface area contributed by atoms with E-state index in [0.29, 0.717) is 35.5 Å². The van der Waals surface area contributed by atoms with Gasteiger partial charge in [-0.1, -0.05) is 78.9 Å². The molecule has 2 aromatic heterocycles. The minimum absolute atomic E-state index is 0.268. The van der Waals surface area contributed by atoms with Gasteiger partial charge in [-0.3, -0.25) is 4.79 Å². The number of amides is 1. The number of benzene rings is 3. The fourth-order valence-corrected chi connectivity index (χ4v) is 4.57. The number of hydrogen-bond donors (Lipinski definition) is 2. The highest BCUT2D eigenvalue weighted by Gasteiger charge is 2.34. The topological polar surface area (TPSA) is 94.0 Å². The van der Waals surface area contributed by atoms with Crippen LogP contribution in [0, 0.1) is 0 Å². The minimum Gasteiger partial charge on any atom is -0.489 e. The molecule has 1 atom stereocenters. The molecule has 8 nitrogen and oxygen atoms in total. The van der Waals surface area contributed by atoms with E-state index in [1.165, 1.54) is 0 Å². The Balaban J connectivity index is 1.35. The summed E-state index contributed by atoms with van der Waals surface area (Å²) in [7, 11) is 0. The number of aromatic nitrogens is 4. The number of ether oxygens (including phenoxy) is 1. The van der Waals surface area contributed by atoms with Crippen molar-refractivity contribution in [3.63, 3.8) is 0 Å². The second-order valence-corrected chi connectivity index (χ2v) is 9.15. The number of carbonyl (C=O) groups is 1. The first-order chi connectivity index (χ1) is 19.2. The van der Waals surface area contributed by atoms with Gasteiger partial charge in [-0.25, -0.2) is 9.67 Å². The van der Waals surface area contributed by atoms with Crippen LogP contribution in [0.4, 0.5) is 11.8 Å². The first-order valence-electron chi connectivity index (χ1n) is 12.6. The minimum atomic E-state index is -0.516. The van der Waals surface area contributed by atoms with Gasteiger partial charge < -0.3 is 15.4 Å². The Bertz CT molecular complexity index is 1610. The van der Waals surface area contributed by atoms with Crippen LogP contribution in [0.2, 0.25) is 0 Å². The second kappa shape index (κ2) is 10.6. The number of fused-ring (bicyclic) bond motifs is 1. The predicted octanol–water partition coefficient (Wildman–Crippen LogP) is 5.85. The molecule has 6 rings (SSSR count). The average Bonchev–Trinajstić information content (AvgIpc) is 3.41. The van der Waals surface area contributed by atoms with E-state index in [0.717, 1.165) is 22.4 Å². The molecular formula is C31H26N6O2. The van der Waals surface area contributed by atoms with Gasteiger partial charge in [-0.05, 0) is 42.3 Å². The number of allylic oxidation sites excluding steroid dienone is 1. The van der Waals surface area contributed by atoms with E-state index >= 15 is 0 Å². The number of rotatable bonds is 7. The quantitative estimate of drug-likeness (QED) is 0.283. The molecular weight excluding hydrogens is 488 g/mol. The number of nitrogens with one attached hydrogen (secondary N) is 2. The summed E-state index contributed by atoms with van der Waals surface area (Å²) in [4.78, 5) is 22.6. The summed E-state index contributed by atoms with van der Waals surface area (Å²) >= 11 is 0. The summed E-state index contributed by atoms with van der Waals surface area (Å²) in [5, 5.41) is 11.0. The number of hydrogen-bond acceptors (Lipinski definition) is 6. The molecule has 0 saturated carbocycles. The molecule has 1 aliphatic rings. The maximum atomic E-state index is 13.6. The lowest BCUT2D eigenvalue weighted by atomic mass is 9.95. The number of nitrogens with zero attached hydrogens (tertiary/aromatic N) is 4. The smallest absolute Gasteiger partial charge is 0.257 e. The highest BCUT2D eigenvalue weighted by atomic mass is 16.5. The Morgan fingerprint density at radius 3 is 2.36 bits per heavy atom. The molecule has 1 aliphatic heterocycles. The van der Waals surface area contributed by atoms with E-state index in [1.807, 2.05) is 97.9 Å². The summed E-state index contributed by atoms with van der Waals surface area (Å²) in [5.41, 5.74) is 4.07. The third-order valence-corrected chi connectivity index (χ3v) is 6.48. The van der Waals surface area contributed by atoms with Crippen LogP contribution < -0.4 is 15.4 Å². The van der Waals surface area contributed by atoms with Gasteiger partial charge in [0, 0.05) is 17.5 Å². The van der Waals surface area contributed by atoms with Crippen molar-refractivity contribution < 1.29 is 9.53 Å². The first-order valence-corrected chi connectivity index (χ1v) is 12.6. The number of anilines is 2. The Morgan fingerprint density at radius 2 is 1.64 bits per heavy atom. The van der Waals surface area contributed by atoms with Gasteiger partial charge in [0.1, 0.15) is 24.2 Å². The lowest BCUT2D eigenvalue weighted by Crippen LogP contribution is -2.31. The zero-order valence-electron chi connectivity index (χ0n) is 21.3. The van der Waals surface area contributed by atoms with Crippen LogP contribution in [-0.4, -0.2) is 25.7 Å². The third kappa shape index (κ3) is 5.13. The standard InChI is InChI=1S/C31H26N6O2/c1-21-27(30(38)34-26-14-8-9-19-32-26)28(37-31(33-21)35-29(36-37)24-12-6-3-7-13-24)23-15-17-25(18-16-23)39-20-22-10-4-2-5-11-22/h2-19,28H,20H2,1H3,(H,32,34,38)(H,33,35,36). The highest BCUT2D eigenvalue weighted by Crippen LogP contribution is 2.37. The zero-order chi connectivity index (χ0) is 26.6. The second-order valence-electron chi connectivity index (χ2n) is 9.15. The summed E-state index contributed by atoms with van der Waals surface area (Å²) < 4.78 is 7.76. The van der Waals surface area contributed by atoms with E-state index in [9.17, 15) is 4.79 Å². The molecule has 39 heavy (non-hydrogen) atoms. The number of pyridine rings is 1. The normalized spacial score (nSPS) is 14.3. The SMILES string of the molecule is CC1=C(C(=O)Nc2ccccn2)C(c2ccc(OCc3ccccc3)cc2)n2nc(-c3ccccc3)nc2N1. The van der Waals surface area contributed by atoms with Crippen LogP contribution in [0.3, 0.4) is 0 Å². The van der Waals surface area contributed by atoms with Gasteiger partial charge in [0.2, 0.25) is 5.95 Å². The van der Waals surface area contributed by atoms with E-state index in [4.69, 9.17) is 14.8 Å². The largest absolute Gasteiger partial charge is 0.489 e. The molecule has 5 aromatic rings. The van der Waals surface area contributed by atoms with Gasteiger partial charge in [-0.2, -0.15) is 4.98 Å². The molecule has 192 valence electrons. The zero-order valence-corrected chi connectivity index (χ0v) is 21.3. The Hall–Kier alpha value is -5.24. The molecule has 8 heteroatoms. The number of carbonyl (C=O) groups excluding carboxylic acids is 1. The molecule has 2 N–H and O–H groups in total. The van der Waals surface area contributed by atoms with Crippen molar-refractivity contribution in [2.24, 2.45) is 0 Å². The Kier molecular flexibility index (Phi) is 6.57. The van der Waals surface area contributed by atoms with Gasteiger partial charge in [0.15, 0.2) is 5.82 Å². The van der Waals surface area contributed by atoms with Crippen molar-refractivity contribution in [2.45, 2.75) is 19.6 Å². The van der Waals surface area contributed by atoms with Crippen LogP contribution in [0.5, 0.6) is 5.75 Å². The Morgan fingerprint density at radius 1 is 0.923 bits per heavy atom. The third-order valence-electron chi connectivity index (χ3n) is 6.48. The summed E-state index contributed by atoms with van der Waals surface area (Å²) in [5.74, 6) is 2.08. The molecule has 3 aromatic carbocycles. The highest BCUT2D eigenvalue weighted by molar-refractivity contribution is 6.05. The molecule has 1 unspecified atom stereocenters. The molecule has 0 spiro atoms. The van der Waals surface area contributed by atoms with Crippen molar-refractivity contribution in [3.8, 4) is 17.1 Å².